The summed E-state index contributed by atoms with van der Waals surface area (Å²) in [6.07, 6.45) is 0.596. The maximum absolute atomic E-state index is 13.6. The molecule has 0 aromatic heterocycles. The summed E-state index contributed by atoms with van der Waals surface area (Å²) in [4.78, 5) is 28.5. The molecule has 7 heteroatoms. The molecule has 6 nitrogen and oxygen atoms in total. The number of nitrogens with zero attached hydrogens (tertiary/aromatic N) is 1. The average Bonchev–Trinajstić information content (AvgIpc) is 2.85. The molecule has 1 saturated heterocycles. The Kier molecular flexibility index (Phi) is 6.82. The Morgan fingerprint density at radius 1 is 1.03 bits per heavy atom. The van der Waals surface area contributed by atoms with Crippen molar-refractivity contribution in [1.29, 1.82) is 0 Å². The molecule has 0 saturated carbocycles. The second kappa shape index (κ2) is 9.95. The van der Waals surface area contributed by atoms with Gasteiger partial charge in [0.05, 0.1) is 26.2 Å². The highest BCUT2D eigenvalue weighted by molar-refractivity contribution is 6.00. The molecule has 3 aromatic carbocycles. The van der Waals surface area contributed by atoms with E-state index in [0.717, 1.165) is 5.56 Å². The Morgan fingerprint density at radius 2 is 1.76 bits per heavy atom. The molecule has 176 valence electrons. The molecule has 0 bridgehead atoms. The normalized spacial score (nSPS) is 17.9. The minimum Gasteiger partial charge on any atom is -0.497 e. The van der Waals surface area contributed by atoms with Crippen molar-refractivity contribution in [3.05, 3.63) is 83.7 Å². The zero-order valence-corrected chi connectivity index (χ0v) is 19.4. The molecule has 34 heavy (non-hydrogen) atoms. The summed E-state index contributed by atoms with van der Waals surface area (Å²) in [6.45, 7) is 1.74. The summed E-state index contributed by atoms with van der Waals surface area (Å²) >= 11 is 0. The fraction of sp³-hybridized carbons (Fsp3) is 0.259. The van der Waals surface area contributed by atoms with E-state index >= 15 is 0 Å². The number of rotatable bonds is 6. The van der Waals surface area contributed by atoms with Gasteiger partial charge in [-0.25, -0.2) is 4.39 Å². The molecule has 2 atom stereocenters. The topological polar surface area (TPSA) is 67.9 Å². The van der Waals surface area contributed by atoms with Crippen LogP contribution >= 0.6 is 0 Å². The van der Waals surface area contributed by atoms with Gasteiger partial charge in [-0.1, -0.05) is 18.2 Å². The van der Waals surface area contributed by atoms with Crippen molar-refractivity contribution in [1.82, 2.24) is 0 Å². The highest BCUT2D eigenvalue weighted by Crippen LogP contribution is 2.43. The summed E-state index contributed by atoms with van der Waals surface area (Å²) in [5.41, 5.74) is 2.57. The Labute approximate surface area is 198 Å². The van der Waals surface area contributed by atoms with Gasteiger partial charge in [0.15, 0.2) is 0 Å². The van der Waals surface area contributed by atoms with E-state index in [-0.39, 0.29) is 24.1 Å². The van der Waals surface area contributed by atoms with E-state index in [9.17, 15) is 14.0 Å². The van der Waals surface area contributed by atoms with E-state index in [4.69, 9.17) is 9.47 Å². The lowest BCUT2D eigenvalue weighted by Gasteiger charge is -2.41. The second-order valence-electron chi connectivity index (χ2n) is 8.24. The van der Waals surface area contributed by atoms with Crippen LogP contribution in [0.4, 0.5) is 15.8 Å². The summed E-state index contributed by atoms with van der Waals surface area (Å²) in [5, 5.41) is 2.95. The van der Waals surface area contributed by atoms with E-state index in [2.05, 4.69) is 5.32 Å². The predicted octanol–water partition coefficient (Wildman–Crippen LogP) is 5.27. The number of piperidine rings is 1. The second-order valence-corrected chi connectivity index (χ2v) is 8.24. The smallest absolute Gasteiger partial charge is 0.229 e. The van der Waals surface area contributed by atoms with Crippen LogP contribution in [0.1, 0.15) is 30.0 Å². The number of anilines is 2. The molecule has 2 amide bonds. The number of methoxy groups -OCH3 is 2. The van der Waals surface area contributed by atoms with Crippen LogP contribution in [0.3, 0.4) is 0 Å². The number of nitrogens with one attached hydrogen (secondary N) is 1. The van der Waals surface area contributed by atoms with Gasteiger partial charge in [0.2, 0.25) is 11.8 Å². The van der Waals surface area contributed by atoms with Gasteiger partial charge >= 0.3 is 0 Å². The molecule has 3 aromatic rings. The van der Waals surface area contributed by atoms with E-state index in [1.165, 1.54) is 12.1 Å². The van der Waals surface area contributed by atoms with Gasteiger partial charge in [-0.05, 0) is 67.4 Å². The van der Waals surface area contributed by atoms with Gasteiger partial charge in [0.1, 0.15) is 17.3 Å². The molecule has 1 N–H and O–H groups in total. The molecule has 1 aliphatic heterocycles. The lowest BCUT2D eigenvalue weighted by molar-refractivity contribution is -0.126. The molecular weight excluding hydrogens is 435 g/mol. The third-order valence-electron chi connectivity index (χ3n) is 6.19. The molecule has 0 aliphatic carbocycles. The first-order valence-electron chi connectivity index (χ1n) is 11.1. The maximum atomic E-state index is 13.6. The molecule has 4 rings (SSSR count). The van der Waals surface area contributed by atoms with Crippen molar-refractivity contribution in [2.45, 2.75) is 25.8 Å². The van der Waals surface area contributed by atoms with E-state index in [1.54, 1.807) is 44.2 Å². The quantitative estimate of drug-likeness (QED) is 0.542. The average molecular weight is 463 g/mol. The maximum Gasteiger partial charge on any atom is 0.229 e. The van der Waals surface area contributed by atoms with Crippen LogP contribution in [0.2, 0.25) is 0 Å². The first-order chi connectivity index (χ1) is 16.4. The summed E-state index contributed by atoms with van der Waals surface area (Å²) in [7, 11) is 3.15. The Morgan fingerprint density at radius 3 is 2.44 bits per heavy atom. The number of amides is 2. The third kappa shape index (κ3) is 4.59. The van der Waals surface area contributed by atoms with Crippen molar-refractivity contribution >= 4 is 23.2 Å². The number of aryl methyl sites for hydroxylation is 1. The molecule has 0 spiro atoms. The standard InChI is InChI=1S/C27H27FN2O4/c1-17-16-18(28)8-14-23(17)29-27(32)22-13-15-25(31)30(19-9-11-20(33-2)12-10-19)26(22)21-6-4-5-7-24(21)34-3/h4-12,14,16,22,26H,13,15H2,1-3H3,(H,29,32). The first kappa shape index (κ1) is 23.3. The van der Waals surface area contributed by atoms with Crippen molar-refractivity contribution in [2.75, 3.05) is 24.4 Å². The van der Waals surface area contributed by atoms with Gasteiger partial charge in [-0.3, -0.25) is 9.59 Å². The van der Waals surface area contributed by atoms with Gasteiger partial charge in [0, 0.05) is 23.4 Å². The van der Waals surface area contributed by atoms with Crippen LogP contribution in [0.5, 0.6) is 11.5 Å². The minimum atomic E-state index is -0.591. The third-order valence-corrected chi connectivity index (χ3v) is 6.19. The lowest BCUT2D eigenvalue weighted by Crippen LogP contribution is -2.47. The van der Waals surface area contributed by atoms with Gasteiger partial charge in [0.25, 0.3) is 0 Å². The number of para-hydroxylation sites is 1. The highest BCUT2D eigenvalue weighted by atomic mass is 19.1. The van der Waals surface area contributed by atoms with Crippen LogP contribution < -0.4 is 19.7 Å². The van der Waals surface area contributed by atoms with Gasteiger partial charge in [-0.2, -0.15) is 0 Å². The fourth-order valence-electron chi connectivity index (χ4n) is 4.47. The van der Waals surface area contributed by atoms with Crippen molar-refractivity contribution in [3.63, 3.8) is 0 Å². The van der Waals surface area contributed by atoms with Gasteiger partial charge < -0.3 is 19.7 Å². The molecule has 2 unspecified atom stereocenters. The van der Waals surface area contributed by atoms with Crippen LogP contribution in [0, 0.1) is 18.7 Å². The lowest BCUT2D eigenvalue weighted by atomic mass is 9.82. The Balaban J connectivity index is 1.77. The summed E-state index contributed by atoms with van der Waals surface area (Å²) < 4.78 is 24.4. The largest absolute Gasteiger partial charge is 0.497 e. The van der Waals surface area contributed by atoms with Crippen molar-refractivity contribution < 1.29 is 23.5 Å². The zero-order chi connectivity index (χ0) is 24.2. The number of hydrogen-bond acceptors (Lipinski definition) is 4. The summed E-state index contributed by atoms with van der Waals surface area (Å²) in [5.74, 6) is 0.0243. The summed E-state index contributed by atoms with van der Waals surface area (Å²) in [6, 6.07) is 18.2. The van der Waals surface area contributed by atoms with Crippen molar-refractivity contribution in [3.8, 4) is 11.5 Å². The number of carbonyl (C=O) groups excluding carboxylic acids is 2. The number of halogens is 1. The van der Waals surface area contributed by atoms with Gasteiger partial charge in [-0.15, -0.1) is 0 Å². The highest BCUT2D eigenvalue weighted by Gasteiger charge is 2.42. The first-order valence-corrected chi connectivity index (χ1v) is 11.1. The van der Waals surface area contributed by atoms with E-state index in [0.29, 0.717) is 34.9 Å². The molecule has 1 aliphatic rings. The molecular formula is C27H27FN2O4. The predicted molar refractivity (Wildman–Crippen MR) is 129 cm³/mol. The van der Waals surface area contributed by atoms with Crippen LogP contribution in [-0.4, -0.2) is 26.0 Å². The number of carbonyl (C=O) groups is 2. The number of hydrogen-bond donors (Lipinski definition) is 1. The zero-order valence-electron chi connectivity index (χ0n) is 19.4. The van der Waals surface area contributed by atoms with Crippen LogP contribution in [0.25, 0.3) is 0 Å². The van der Waals surface area contributed by atoms with Crippen LogP contribution in [0.15, 0.2) is 66.7 Å². The van der Waals surface area contributed by atoms with Crippen molar-refractivity contribution in [2.24, 2.45) is 5.92 Å². The molecule has 0 radical (unpaired) electrons. The number of ether oxygens (including phenoxy) is 2. The Hall–Kier alpha value is -3.87. The van der Waals surface area contributed by atoms with E-state index in [1.807, 2.05) is 36.4 Å². The fourth-order valence-corrected chi connectivity index (χ4v) is 4.47. The van der Waals surface area contributed by atoms with E-state index < -0.39 is 12.0 Å². The number of benzene rings is 3. The monoisotopic (exact) mass is 462 g/mol. The minimum absolute atomic E-state index is 0.0805. The SMILES string of the molecule is COc1ccc(N2C(=O)CCC(C(=O)Nc3ccc(F)cc3C)C2c2ccccc2OC)cc1. The van der Waals surface area contributed by atoms with Crippen LogP contribution in [-0.2, 0) is 9.59 Å². The molecule has 1 heterocycles. The molecule has 1 fully saturated rings. The Bertz CT molecular complexity index is 1200.